The molecule has 0 spiro atoms. The number of thiazole rings is 1. The molecule has 0 aliphatic carbocycles. The first-order valence-corrected chi connectivity index (χ1v) is 9.90. The summed E-state index contributed by atoms with van der Waals surface area (Å²) < 4.78 is 27.7. The molecule has 24 heavy (non-hydrogen) atoms. The van der Waals surface area contributed by atoms with Crippen molar-refractivity contribution in [2.75, 3.05) is 0 Å². The van der Waals surface area contributed by atoms with Crippen molar-refractivity contribution in [3.05, 3.63) is 60.2 Å². The van der Waals surface area contributed by atoms with Gasteiger partial charge < -0.3 is 0 Å². The number of benzene rings is 2. The topological polar surface area (TPSA) is 12.9 Å². The van der Waals surface area contributed by atoms with Crippen molar-refractivity contribution < 1.29 is 8.78 Å². The molecular formula is C18H15F2NS3. The zero-order valence-corrected chi connectivity index (χ0v) is 15.6. The van der Waals surface area contributed by atoms with Crippen molar-refractivity contribution >= 4 is 34.9 Å². The second-order valence-corrected chi connectivity index (χ2v) is 9.23. The van der Waals surface area contributed by atoms with Crippen LogP contribution in [0.3, 0.4) is 0 Å². The van der Waals surface area contributed by atoms with E-state index in [0.717, 1.165) is 25.9 Å². The summed E-state index contributed by atoms with van der Waals surface area (Å²) in [6.07, 6.45) is 0. The molecule has 0 N–H and O–H groups in total. The third-order valence-electron chi connectivity index (χ3n) is 3.04. The number of thioether (sulfide) groups is 1. The lowest BCUT2D eigenvalue weighted by Gasteiger charge is -2.04. The Balaban J connectivity index is 1.95. The number of hydrogen-bond donors (Lipinski definition) is 0. The standard InChI is InChI=1S/C18H15F2NS3/c1-11(2)22-18-17(23-13-8-9-14(19)15(20)10-13)21-16(24-18)12-6-4-3-5-7-12/h3-11H,1-2H3. The summed E-state index contributed by atoms with van der Waals surface area (Å²) in [6, 6.07) is 13.9. The number of hydrogen-bond acceptors (Lipinski definition) is 4. The van der Waals surface area contributed by atoms with Gasteiger partial charge in [-0.05, 0) is 18.2 Å². The van der Waals surface area contributed by atoms with Crippen LogP contribution in [0.1, 0.15) is 13.8 Å². The molecule has 0 fully saturated rings. The quantitative estimate of drug-likeness (QED) is 0.456. The van der Waals surface area contributed by atoms with E-state index in [2.05, 4.69) is 13.8 Å². The van der Waals surface area contributed by atoms with E-state index in [1.165, 1.54) is 17.8 Å². The Kier molecular flexibility index (Phi) is 5.58. The van der Waals surface area contributed by atoms with Gasteiger partial charge in [-0.15, -0.1) is 23.1 Å². The van der Waals surface area contributed by atoms with E-state index in [1.807, 2.05) is 30.3 Å². The van der Waals surface area contributed by atoms with Crippen molar-refractivity contribution in [1.82, 2.24) is 4.98 Å². The Morgan fingerprint density at radius 3 is 2.42 bits per heavy atom. The molecule has 1 nitrogen and oxygen atoms in total. The molecule has 3 rings (SSSR count). The van der Waals surface area contributed by atoms with Crippen LogP contribution in [0.2, 0.25) is 0 Å². The predicted octanol–water partition coefficient (Wildman–Crippen LogP) is 6.74. The summed E-state index contributed by atoms with van der Waals surface area (Å²) in [7, 11) is 0. The molecule has 3 aromatic rings. The van der Waals surface area contributed by atoms with Gasteiger partial charge in [0.15, 0.2) is 11.6 Å². The second kappa shape index (κ2) is 7.68. The lowest BCUT2D eigenvalue weighted by Crippen LogP contribution is -1.86. The molecular weight excluding hydrogens is 364 g/mol. The number of halogens is 2. The highest BCUT2D eigenvalue weighted by Crippen LogP contribution is 2.43. The van der Waals surface area contributed by atoms with E-state index in [9.17, 15) is 8.78 Å². The largest absolute Gasteiger partial charge is 0.228 e. The molecule has 6 heteroatoms. The highest BCUT2D eigenvalue weighted by molar-refractivity contribution is 8.04. The van der Waals surface area contributed by atoms with E-state index in [0.29, 0.717) is 10.1 Å². The van der Waals surface area contributed by atoms with Crippen molar-refractivity contribution in [1.29, 1.82) is 0 Å². The predicted molar refractivity (Wildman–Crippen MR) is 99.0 cm³/mol. The van der Waals surface area contributed by atoms with Gasteiger partial charge in [-0.2, -0.15) is 0 Å². The highest BCUT2D eigenvalue weighted by Gasteiger charge is 2.16. The molecule has 1 aromatic heterocycles. The van der Waals surface area contributed by atoms with E-state index in [-0.39, 0.29) is 0 Å². The van der Waals surface area contributed by atoms with Gasteiger partial charge in [-0.1, -0.05) is 55.9 Å². The molecule has 0 bridgehead atoms. The first kappa shape index (κ1) is 17.5. The monoisotopic (exact) mass is 379 g/mol. The molecule has 124 valence electrons. The Morgan fingerprint density at radius 1 is 1.00 bits per heavy atom. The fourth-order valence-corrected chi connectivity index (χ4v) is 5.60. The average molecular weight is 380 g/mol. The van der Waals surface area contributed by atoms with Gasteiger partial charge >= 0.3 is 0 Å². The smallest absolute Gasteiger partial charge is 0.159 e. The SMILES string of the molecule is CC(C)Sc1sc(-c2ccccc2)nc1Sc1ccc(F)c(F)c1. The summed E-state index contributed by atoms with van der Waals surface area (Å²) in [4.78, 5) is 5.37. The van der Waals surface area contributed by atoms with Gasteiger partial charge in [0, 0.05) is 15.7 Å². The Hall–Kier alpha value is -1.37. The summed E-state index contributed by atoms with van der Waals surface area (Å²) in [5.41, 5.74) is 1.06. The first-order chi connectivity index (χ1) is 11.5. The summed E-state index contributed by atoms with van der Waals surface area (Å²) in [5.74, 6) is -1.67. The minimum Gasteiger partial charge on any atom is -0.228 e. The lowest BCUT2D eigenvalue weighted by molar-refractivity contribution is 0.506. The van der Waals surface area contributed by atoms with E-state index in [1.54, 1.807) is 29.2 Å². The van der Waals surface area contributed by atoms with Gasteiger partial charge in [-0.3, -0.25) is 0 Å². The molecule has 0 unspecified atom stereocenters. The van der Waals surface area contributed by atoms with Gasteiger partial charge in [0.05, 0.1) is 4.21 Å². The van der Waals surface area contributed by atoms with Crippen LogP contribution in [0, 0.1) is 11.6 Å². The van der Waals surface area contributed by atoms with Crippen molar-refractivity contribution in [3.8, 4) is 10.6 Å². The van der Waals surface area contributed by atoms with Crippen LogP contribution >= 0.6 is 34.9 Å². The van der Waals surface area contributed by atoms with E-state index >= 15 is 0 Å². The maximum atomic E-state index is 13.5. The molecule has 0 amide bonds. The minimum atomic E-state index is -0.837. The van der Waals surface area contributed by atoms with Gasteiger partial charge in [-0.25, -0.2) is 13.8 Å². The van der Waals surface area contributed by atoms with Crippen molar-refractivity contribution in [2.24, 2.45) is 0 Å². The second-order valence-electron chi connectivity index (χ2n) is 5.32. The number of rotatable bonds is 5. The molecule has 0 atom stereocenters. The van der Waals surface area contributed by atoms with Crippen LogP contribution in [0.5, 0.6) is 0 Å². The maximum absolute atomic E-state index is 13.5. The average Bonchev–Trinajstić information content (AvgIpc) is 2.94. The molecule has 0 saturated heterocycles. The Labute approximate surface area is 152 Å². The van der Waals surface area contributed by atoms with Crippen LogP contribution < -0.4 is 0 Å². The molecule has 1 heterocycles. The molecule has 0 aliphatic rings. The van der Waals surface area contributed by atoms with Crippen LogP contribution in [0.15, 0.2) is 62.7 Å². The van der Waals surface area contributed by atoms with Gasteiger partial charge in [0.25, 0.3) is 0 Å². The number of aromatic nitrogens is 1. The van der Waals surface area contributed by atoms with Crippen LogP contribution in [0.25, 0.3) is 10.6 Å². The van der Waals surface area contributed by atoms with Crippen LogP contribution in [-0.2, 0) is 0 Å². The third-order valence-corrected chi connectivity index (χ3v) is 6.59. The normalized spacial score (nSPS) is 11.2. The third kappa shape index (κ3) is 4.18. The molecule has 0 aliphatic heterocycles. The number of nitrogens with zero attached hydrogens (tertiary/aromatic N) is 1. The van der Waals surface area contributed by atoms with E-state index in [4.69, 9.17) is 4.98 Å². The fourth-order valence-electron chi connectivity index (χ4n) is 2.00. The summed E-state index contributed by atoms with van der Waals surface area (Å²) in [5, 5.41) is 2.19. The van der Waals surface area contributed by atoms with Crippen LogP contribution in [0.4, 0.5) is 8.78 Å². The Morgan fingerprint density at radius 2 is 1.75 bits per heavy atom. The lowest BCUT2D eigenvalue weighted by atomic mass is 10.2. The first-order valence-electron chi connectivity index (χ1n) is 7.38. The van der Waals surface area contributed by atoms with Crippen molar-refractivity contribution in [3.63, 3.8) is 0 Å². The minimum absolute atomic E-state index is 0.415. The van der Waals surface area contributed by atoms with Crippen LogP contribution in [-0.4, -0.2) is 10.2 Å². The molecule has 0 saturated carbocycles. The molecule has 2 aromatic carbocycles. The molecule has 0 radical (unpaired) electrons. The van der Waals surface area contributed by atoms with Gasteiger partial charge in [0.1, 0.15) is 10.0 Å². The zero-order valence-electron chi connectivity index (χ0n) is 13.1. The summed E-state index contributed by atoms with van der Waals surface area (Å²) >= 11 is 4.73. The Bertz CT molecular complexity index is 832. The van der Waals surface area contributed by atoms with Gasteiger partial charge in [0.2, 0.25) is 0 Å². The summed E-state index contributed by atoms with van der Waals surface area (Å²) in [6.45, 7) is 4.25. The fraction of sp³-hybridized carbons (Fsp3) is 0.167. The highest BCUT2D eigenvalue weighted by atomic mass is 32.2. The zero-order chi connectivity index (χ0) is 17.1. The van der Waals surface area contributed by atoms with Crippen molar-refractivity contribution in [2.45, 2.75) is 33.2 Å². The van der Waals surface area contributed by atoms with E-state index < -0.39 is 11.6 Å². The maximum Gasteiger partial charge on any atom is 0.159 e.